The highest BCUT2D eigenvalue weighted by molar-refractivity contribution is 5.26. The first-order valence-corrected chi connectivity index (χ1v) is 4.54. The third-order valence-electron chi connectivity index (χ3n) is 3.42. The minimum atomic E-state index is 0.965. The third kappa shape index (κ3) is 0.624. The van der Waals surface area contributed by atoms with Crippen molar-refractivity contribution < 1.29 is 0 Å². The van der Waals surface area contributed by atoms with Crippen molar-refractivity contribution in [2.75, 3.05) is 0 Å². The predicted molar refractivity (Wildman–Crippen MR) is 43.8 cm³/mol. The van der Waals surface area contributed by atoms with Gasteiger partial charge in [0.15, 0.2) is 0 Å². The normalized spacial score (nSPS) is 44.2. The summed E-state index contributed by atoms with van der Waals surface area (Å²) < 4.78 is 0. The summed E-state index contributed by atoms with van der Waals surface area (Å²) in [6.07, 6.45) is 6.66. The van der Waals surface area contributed by atoms with E-state index in [-0.39, 0.29) is 0 Å². The van der Waals surface area contributed by atoms with Crippen molar-refractivity contribution >= 4 is 0 Å². The summed E-state index contributed by atoms with van der Waals surface area (Å²) >= 11 is 0. The standard InChI is InChI=1S/C10H16/c1-3-8-7(2)9-5-4-6-10(8)9/h6-9H,3-5H2,1-2H3. The molecule has 3 atom stereocenters. The Morgan fingerprint density at radius 2 is 2.40 bits per heavy atom. The Kier molecular flexibility index (Phi) is 1.36. The van der Waals surface area contributed by atoms with Gasteiger partial charge >= 0.3 is 0 Å². The van der Waals surface area contributed by atoms with Crippen LogP contribution in [0, 0.1) is 17.8 Å². The Hall–Kier alpha value is -0.260. The SMILES string of the molecule is CCC1C2=CCCC2C1C. The Morgan fingerprint density at radius 3 is 3.10 bits per heavy atom. The first kappa shape index (κ1) is 6.45. The lowest BCUT2D eigenvalue weighted by atomic mass is 9.62. The summed E-state index contributed by atoms with van der Waals surface area (Å²) in [6, 6.07) is 0. The minimum absolute atomic E-state index is 0.965. The molecular formula is C10H16. The van der Waals surface area contributed by atoms with Crippen LogP contribution in [0.5, 0.6) is 0 Å². The summed E-state index contributed by atoms with van der Waals surface area (Å²) in [5, 5.41) is 0. The van der Waals surface area contributed by atoms with Gasteiger partial charge in [-0.15, -0.1) is 0 Å². The van der Waals surface area contributed by atoms with Crippen LogP contribution >= 0.6 is 0 Å². The van der Waals surface area contributed by atoms with Gasteiger partial charge in [0.1, 0.15) is 0 Å². The van der Waals surface area contributed by atoms with Crippen molar-refractivity contribution in [2.24, 2.45) is 17.8 Å². The van der Waals surface area contributed by atoms with Crippen LogP contribution in [-0.2, 0) is 0 Å². The van der Waals surface area contributed by atoms with E-state index in [0.717, 1.165) is 17.8 Å². The molecule has 0 aliphatic heterocycles. The van der Waals surface area contributed by atoms with Crippen LogP contribution in [0.15, 0.2) is 11.6 Å². The van der Waals surface area contributed by atoms with E-state index in [1.54, 1.807) is 5.57 Å². The molecule has 2 aliphatic rings. The zero-order valence-electron chi connectivity index (χ0n) is 6.93. The Morgan fingerprint density at radius 1 is 1.60 bits per heavy atom. The van der Waals surface area contributed by atoms with E-state index in [9.17, 15) is 0 Å². The Balaban J connectivity index is 2.12. The molecule has 0 spiro atoms. The number of rotatable bonds is 1. The molecular weight excluding hydrogens is 120 g/mol. The first-order valence-electron chi connectivity index (χ1n) is 4.54. The van der Waals surface area contributed by atoms with Crippen LogP contribution in [-0.4, -0.2) is 0 Å². The summed E-state index contributed by atoms with van der Waals surface area (Å²) in [4.78, 5) is 0. The van der Waals surface area contributed by atoms with Gasteiger partial charge in [-0.05, 0) is 37.0 Å². The lowest BCUT2D eigenvalue weighted by Crippen LogP contribution is -2.34. The van der Waals surface area contributed by atoms with Crippen molar-refractivity contribution in [3.05, 3.63) is 11.6 Å². The molecule has 56 valence electrons. The topological polar surface area (TPSA) is 0 Å². The number of allylic oxidation sites excluding steroid dienone is 2. The first-order chi connectivity index (χ1) is 4.84. The quantitative estimate of drug-likeness (QED) is 0.486. The molecule has 0 heteroatoms. The van der Waals surface area contributed by atoms with E-state index in [1.165, 1.54) is 19.3 Å². The maximum atomic E-state index is 2.48. The van der Waals surface area contributed by atoms with Crippen molar-refractivity contribution in [1.82, 2.24) is 0 Å². The van der Waals surface area contributed by atoms with E-state index in [0.29, 0.717) is 0 Å². The van der Waals surface area contributed by atoms with E-state index in [2.05, 4.69) is 19.9 Å². The fraction of sp³-hybridized carbons (Fsp3) is 0.800. The number of hydrogen-bond donors (Lipinski definition) is 0. The van der Waals surface area contributed by atoms with E-state index >= 15 is 0 Å². The van der Waals surface area contributed by atoms with Gasteiger partial charge in [0.25, 0.3) is 0 Å². The molecule has 1 fully saturated rings. The summed E-state index contributed by atoms with van der Waals surface area (Å²) in [5.74, 6) is 2.97. The van der Waals surface area contributed by atoms with E-state index < -0.39 is 0 Å². The lowest BCUT2D eigenvalue weighted by Gasteiger charge is -2.43. The molecule has 1 saturated carbocycles. The van der Waals surface area contributed by atoms with Gasteiger partial charge in [0.05, 0.1) is 0 Å². The highest BCUT2D eigenvalue weighted by Crippen LogP contribution is 2.52. The zero-order chi connectivity index (χ0) is 7.14. The molecule has 3 unspecified atom stereocenters. The molecule has 0 bridgehead atoms. The lowest BCUT2D eigenvalue weighted by molar-refractivity contribution is 0.190. The smallest absolute Gasteiger partial charge is 0.0166 e. The van der Waals surface area contributed by atoms with Crippen molar-refractivity contribution in [2.45, 2.75) is 33.1 Å². The van der Waals surface area contributed by atoms with Gasteiger partial charge in [-0.25, -0.2) is 0 Å². The molecule has 0 aromatic heterocycles. The average Bonchev–Trinajstić information content (AvgIpc) is 2.33. The molecule has 0 N–H and O–H groups in total. The van der Waals surface area contributed by atoms with Crippen LogP contribution in [0.3, 0.4) is 0 Å². The maximum absolute atomic E-state index is 2.48. The van der Waals surface area contributed by atoms with Crippen LogP contribution < -0.4 is 0 Å². The van der Waals surface area contributed by atoms with Gasteiger partial charge in [0, 0.05) is 0 Å². The van der Waals surface area contributed by atoms with E-state index in [4.69, 9.17) is 0 Å². The Bertz CT molecular complexity index is 167. The molecule has 2 rings (SSSR count). The highest BCUT2D eigenvalue weighted by atomic mass is 14.5. The molecule has 0 aromatic rings. The van der Waals surface area contributed by atoms with Crippen molar-refractivity contribution in [1.29, 1.82) is 0 Å². The molecule has 0 radical (unpaired) electrons. The monoisotopic (exact) mass is 136 g/mol. The van der Waals surface area contributed by atoms with Gasteiger partial charge in [-0.1, -0.05) is 25.5 Å². The summed E-state index contributed by atoms with van der Waals surface area (Å²) in [6.45, 7) is 4.73. The molecule has 0 nitrogen and oxygen atoms in total. The fourth-order valence-electron chi connectivity index (χ4n) is 2.81. The van der Waals surface area contributed by atoms with Crippen molar-refractivity contribution in [3.63, 3.8) is 0 Å². The minimum Gasteiger partial charge on any atom is -0.0847 e. The van der Waals surface area contributed by atoms with Crippen LogP contribution in [0.4, 0.5) is 0 Å². The zero-order valence-corrected chi connectivity index (χ0v) is 6.93. The van der Waals surface area contributed by atoms with E-state index in [1.807, 2.05) is 0 Å². The van der Waals surface area contributed by atoms with Gasteiger partial charge in [-0.2, -0.15) is 0 Å². The highest BCUT2D eigenvalue weighted by Gasteiger charge is 2.42. The number of fused-ring (bicyclic) bond motifs is 1. The van der Waals surface area contributed by atoms with Gasteiger partial charge in [-0.3, -0.25) is 0 Å². The predicted octanol–water partition coefficient (Wildman–Crippen LogP) is 3.00. The molecule has 0 heterocycles. The summed E-state index contributed by atoms with van der Waals surface area (Å²) in [5.41, 5.74) is 1.80. The van der Waals surface area contributed by atoms with Crippen LogP contribution in [0.2, 0.25) is 0 Å². The molecule has 10 heavy (non-hydrogen) atoms. The second-order valence-electron chi connectivity index (χ2n) is 3.76. The average molecular weight is 136 g/mol. The molecule has 0 saturated heterocycles. The van der Waals surface area contributed by atoms with Gasteiger partial charge < -0.3 is 0 Å². The second kappa shape index (κ2) is 2.11. The third-order valence-corrected chi connectivity index (χ3v) is 3.42. The fourth-order valence-corrected chi connectivity index (χ4v) is 2.81. The van der Waals surface area contributed by atoms with Crippen molar-refractivity contribution in [3.8, 4) is 0 Å². The Labute approximate surface area is 63.3 Å². The molecule has 0 amide bonds. The van der Waals surface area contributed by atoms with Crippen LogP contribution in [0.25, 0.3) is 0 Å². The summed E-state index contributed by atoms with van der Waals surface area (Å²) in [7, 11) is 0. The maximum Gasteiger partial charge on any atom is -0.0166 e. The molecule has 2 aliphatic carbocycles. The van der Waals surface area contributed by atoms with Gasteiger partial charge in [0.2, 0.25) is 0 Å². The second-order valence-corrected chi connectivity index (χ2v) is 3.76. The largest absolute Gasteiger partial charge is 0.0847 e. The molecule has 0 aromatic carbocycles. The van der Waals surface area contributed by atoms with Crippen LogP contribution in [0.1, 0.15) is 33.1 Å². The number of hydrogen-bond acceptors (Lipinski definition) is 0.